The Balaban J connectivity index is 1.38. The van der Waals surface area contributed by atoms with Crippen LogP contribution in [0.1, 0.15) is 18.4 Å². The van der Waals surface area contributed by atoms with Crippen molar-refractivity contribution >= 4 is 57.3 Å². The molecule has 8 heteroatoms. The number of thioether (sulfide) groups is 1. The lowest BCUT2D eigenvalue weighted by Crippen LogP contribution is -2.31. The summed E-state index contributed by atoms with van der Waals surface area (Å²) in [6, 6.07) is 32.3. The molecule has 198 valence electrons. The summed E-state index contributed by atoms with van der Waals surface area (Å²) in [4.78, 5) is 26.4. The van der Waals surface area contributed by atoms with Crippen LogP contribution >= 0.6 is 23.4 Å². The van der Waals surface area contributed by atoms with Crippen LogP contribution in [0.5, 0.6) is 0 Å². The number of amides is 2. The summed E-state index contributed by atoms with van der Waals surface area (Å²) in [5, 5.41) is 22.6. The van der Waals surface area contributed by atoms with Crippen LogP contribution in [-0.2, 0) is 9.59 Å². The summed E-state index contributed by atoms with van der Waals surface area (Å²) in [7, 11) is 0. The van der Waals surface area contributed by atoms with E-state index in [1.165, 1.54) is 11.8 Å². The fourth-order valence-electron chi connectivity index (χ4n) is 4.64. The van der Waals surface area contributed by atoms with Crippen molar-refractivity contribution in [2.24, 2.45) is 0 Å². The largest absolute Gasteiger partial charge is 0.353 e. The second-order valence-electron chi connectivity index (χ2n) is 9.22. The maximum atomic E-state index is 13.5. The smallest absolute Gasteiger partial charge is 0.254 e. The number of fused-ring (bicyclic) bond motifs is 1. The molecule has 1 atom stereocenters. The molecule has 1 aliphatic heterocycles. The quantitative estimate of drug-likeness (QED) is 0.221. The number of hydrogen-bond donors (Lipinski definition) is 3. The van der Waals surface area contributed by atoms with E-state index in [9.17, 15) is 14.9 Å². The predicted octanol–water partition coefficient (Wildman–Crippen LogP) is 7.20. The average molecular weight is 565 g/mol. The Bertz CT molecular complexity index is 1690. The lowest BCUT2D eigenvalue weighted by molar-refractivity contribution is -0.114. The molecule has 1 unspecified atom stereocenters. The Morgan fingerprint density at radius 2 is 1.57 bits per heavy atom. The number of nitrogens with one attached hydrogen (secondary N) is 3. The highest BCUT2D eigenvalue weighted by Gasteiger charge is 2.34. The van der Waals surface area contributed by atoms with Gasteiger partial charge in [0, 0.05) is 27.7 Å². The Hall–Kier alpha value is -4.51. The summed E-state index contributed by atoms with van der Waals surface area (Å²) in [5.41, 5.74) is 3.52. The highest BCUT2D eigenvalue weighted by molar-refractivity contribution is 8.03. The van der Waals surface area contributed by atoms with Crippen molar-refractivity contribution in [1.82, 2.24) is 5.32 Å². The molecule has 3 N–H and O–H groups in total. The Kier molecular flexibility index (Phi) is 8.20. The number of anilines is 2. The standard InChI is InChI=1S/C32H25ClN4O2S/c1-20-29(31(39)37-25-15-12-24(33)13-16-25)30(22-8-3-2-4-9-22)27(18-34)32(35-20)40-19-28(38)36-26-14-11-21-7-5-6-10-23(21)17-26/h2-17,30,35H,19H2,1H3,(H,36,38)(H,37,39). The van der Waals surface area contributed by atoms with E-state index >= 15 is 0 Å². The molecule has 2 amide bonds. The second kappa shape index (κ2) is 12.1. The van der Waals surface area contributed by atoms with Crippen LogP contribution in [0.15, 0.2) is 119 Å². The summed E-state index contributed by atoms with van der Waals surface area (Å²) in [5.74, 6) is -1.05. The third-order valence-electron chi connectivity index (χ3n) is 6.51. The molecule has 1 aliphatic rings. The number of nitriles is 1. The van der Waals surface area contributed by atoms with Gasteiger partial charge in [0.05, 0.1) is 28.3 Å². The van der Waals surface area contributed by atoms with Crippen molar-refractivity contribution in [2.75, 3.05) is 16.4 Å². The minimum atomic E-state index is -0.606. The molecule has 0 bridgehead atoms. The van der Waals surface area contributed by atoms with E-state index in [2.05, 4.69) is 22.0 Å². The summed E-state index contributed by atoms with van der Waals surface area (Å²) in [6.45, 7) is 1.80. The van der Waals surface area contributed by atoms with E-state index in [1.807, 2.05) is 72.8 Å². The molecule has 0 radical (unpaired) electrons. The summed E-state index contributed by atoms with van der Waals surface area (Å²) < 4.78 is 0. The lowest BCUT2D eigenvalue weighted by atomic mass is 9.82. The first-order valence-corrected chi connectivity index (χ1v) is 13.9. The first-order chi connectivity index (χ1) is 19.4. The summed E-state index contributed by atoms with van der Waals surface area (Å²) in [6.07, 6.45) is 0. The molecule has 1 heterocycles. The van der Waals surface area contributed by atoms with Crippen LogP contribution in [0.25, 0.3) is 10.8 Å². The number of hydrogen-bond acceptors (Lipinski definition) is 5. The van der Waals surface area contributed by atoms with Crippen LogP contribution in [-0.4, -0.2) is 17.6 Å². The zero-order chi connectivity index (χ0) is 28.1. The van der Waals surface area contributed by atoms with Gasteiger partial charge in [0.25, 0.3) is 5.91 Å². The van der Waals surface area contributed by atoms with Crippen molar-refractivity contribution < 1.29 is 9.59 Å². The van der Waals surface area contributed by atoms with Gasteiger partial charge in [-0.2, -0.15) is 5.26 Å². The molecular formula is C32H25ClN4O2S. The maximum Gasteiger partial charge on any atom is 0.254 e. The zero-order valence-electron chi connectivity index (χ0n) is 21.6. The van der Waals surface area contributed by atoms with E-state index in [0.29, 0.717) is 38.3 Å². The fraction of sp³-hybridized carbons (Fsp3) is 0.0938. The van der Waals surface area contributed by atoms with Crippen LogP contribution in [0.3, 0.4) is 0 Å². The van der Waals surface area contributed by atoms with Gasteiger partial charge in [-0.05, 0) is 59.7 Å². The molecule has 5 rings (SSSR count). The Morgan fingerprint density at radius 3 is 2.30 bits per heavy atom. The van der Waals surface area contributed by atoms with Crippen molar-refractivity contribution in [3.05, 3.63) is 130 Å². The zero-order valence-corrected chi connectivity index (χ0v) is 23.1. The molecular weight excluding hydrogens is 540 g/mol. The van der Waals surface area contributed by atoms with Gasteiger partial charge >= 0.3 is 0 Å². The maximum absolute atomic E-state index is 13.5. The number of nitrogens with zero attached hydrogens (tertiary/aromatic N) is 1. The second-order valence-corrected chi connectivity index (χ2v) is 10.6. The molecule has 0 spiro atoms. The molecule has 40 heavy (non-hydrogen) atoms. The minimum absolute atomic E-state index is 0.0848. The number of halogens is 1. The highest BCUT2D eigenvalue weighted by atomic mass is 35.5. The summed E-state index contributed by atoms with van der Waals surface area (Å²) >= 11 is 7.23. The molecule has 4 aromatic carbocycles. The van der Waals surface area contributed by atoms with Gasteiger partial charge in [-0.1, -0.05) is 84.0 Å². The van der Waals surface area contributed by atoms with E-state index in [-0.39, 0.29) is 17.6 Å². The number of dihydropyridines is 1. The van der Waals surface area contributed by atoms with E-state index in [4.69, 9.17) is 11.6 Å². The number of rotatable bonds is 7. The normalized spacial score (nSPS) is 14.9. The van der Waals surface area contributed by atoms with Crippen LogP contribution in [0, 0.1) is 11.3 Å². The number of carbonyl (C=O) groups excluding carboxylic acids is 2. The van der Waals surface area contributed by atoms with Crippen molar-refractivity contribution in [2.45, 2.75) is 12.8 Å². The first kappa shape index (κ1) is 27.1. The third kappa shape index (κ3) is 6.04. The monoisotopic (exact) mass is 564 g/mol. The Morgan fingerprint density at radius 1 is 0.900 bits per heavy atom. The molecule has 0 saturated heterocycles. The van der Waals surface area contributed by atoms with E-state index in [1.54, 1.807) is 31.2 Å². The molecule has 0 aliphatic carbocycles. The SMILES string of the molecule is CC1=C(C(=O)Nc2ccc(Cl)cc2)C(c2ccccc2)C(C#N)=C(SCC(=O)Nc2ccc3ccccc3c2)N1. The van der Waals surface area contributed by atoms with Gasteiger partial charge in [-0.25, -0.2) is 0 Å². The molecule has 0 saturated carbocycles. The molecule has 6 nitrogen and oxygen atoms in total. The lowest BCUT2D eigenvalue weighted by Gasteiger charge is -2.30. The molecule has 0 fully saturated rings. The number of carbonyl (C=O) groups is 2. The van der Waals surface area contributed by atoms with Gasteiger partial charge in [0.2, 0.25) is 5.91 Å². The van der Waals surface area contributed by atoms with Crippen molar-refractivity contribution in [1.29, 1.82) is 5.26 Å². The highest BCUT2D eigenvalue weighted by Crippen LogP contribution is 2.41. The van der Waals surface area contributed by atoms with Gasteiger partial charge in [-0.15, -0.1) is 0 Å². The predicted molar refractivity (Wildman–Crippen MR) is 163 cm³/mol. The van der Waals surface area contributed by atoms with Crippen LogP contribution in [0.2, 0.25) is 5.02 Å². The van der Waals surface area contributed by atoms with Gasteiger partial charge in [0.1, 0.15) is 0 Å². The third-order valence-corrected chi connectivity index (χ3v) is 7.78. The van der Waals surface area contributed by atoms with Crippen molar-refractivity contribution in [3.8, 4) is 6.07 Å². The number of allylic oxidation sites excluding steroid dienone is 2. The van der Waals surface area contributed by atoms with E-state index in [0.717, 1.165) is 16.3 Å². The topological polar surface area (TPSA) is 94.0 Å². The average Bonchev–Trinajstić information content (AvgIpc) is 2.97. The van der Waals surface area contributed by atoms with Crippen LogP contribution < -0.4 is 16.0 Å². The van der Waals surface area contributed by atoms with Gasteiger partial charge in [0.15, 0.2) is 0 Å². The first-order valence-electron chi connectivity index (χ1n) is 12.6. The Labute approximate surface area is 241 Å². The van der Waals surface area contributed by atoms with Crippen LogP contribution in [0.4, 0.5) is 11.4 Å². The number of benzene rings is 4. The minimum Gasteiger partial charge on any atom is -0.353 e. The van der Waals surface area contributed by atoms with Gasteiger partial charge < -0.3 is 16.0 Å². The van der Waals surface area contributed by atoms with Crippen molar-refractivity contribution in [3.63, 3.8) is 0 Å². The van der Waals surface area contributed by atoms with E-state index < -0.39 is 5.92 Å². The molecule has 0 aromatic heterocycles. The fourth-order valence-corrected chi connectivity index (χ4v) is 5.66. The molecule has 4 aromatic rings. The van der Waals surface area contributed by atoms with Gasteiger partial charge in [-0.3, -0.25) is 9.59 Å².